The van der Waals surface area contributed by atoms with Crippen molar-refractivity contribution in [3.8, 4) is 0 Å². The van der Waals surface area contributed by atoms with Crippen molar-refractivity contribution in [2.45, 2.75) is 18.5 Å². The lowest BCUT2D eigenvalue weighted by Crippen LogP contribution is -2.36. The summed E-state index contributed by atoms with van der Waals surface area (Å²) in [5, 5.41) is 8.78. The van der Waals surface area contributed by atoms with Crippen LogP contribution in [0.15, 0.2) is 30.3 Å². The van der Waals surface area contributed by atoms with Crippen molar-refractivity contribution < 1.29 is 9.90 Å². The molecule has 0 aromatic heterocycles. The van der Waals surface area contributed by atoms with Gasteiger partial charge in [-0.3, -0.25) is 4.79 Å². The standard InChI is InChI=1S/C10H12N2O2/c13-10(14)9-6-8(11-12-9)7-4-2-1-3-5-7/h1-5,8-9,11-12H,6H2,(H,13,14). The minimum atomic E-state index is -0.809. The Hall–Kier alpha value is -1.39. The highest BCUT2D eigenvalue weighted by molar-refractivity contribution is 5.73. The smallest absolute Gasteiger partial charge is 0.322 e. The van der Waals surface area contributed by atoms with Gasteiger partial charge in [0.15, 0.2) is 0 Å². The van der Waals surface area contributed by atoms with E-state index in [2.05, 4.69) is 10.9 Å². The molecule has 1 fully saturated rings. The molecule has 0 bridgehead atoms. The number of hydrogen-bond acceptors (Lipinski definition) is 3. The molecule has 1 aliphatic rings. The summed E-state index contributed by atoms with van der Waals surface area (Å²) in [6, 6.07) is 9.43. The van der Waals surface area contributed by atoms with Gasteiger partial charge < -0.3 is 5.11 Å². The van der Waals surface area contributed by atoms with E-state index in [0.29, 0.717) is 6.42 Å². The highest BCUT2D eigenvalue weighted by atomic mass is 16.4. The Morgan fingerprint density at radius 1 is 1.29 bits per heavy atom. The first kappa shape index (κ1) is 9.18. The predicted molar refractivity (Wildman–Crippen MR) is 51.5 cm³/mol. The highest BCUT2D eigenvalue weighted by Crippen LogP contribution is 2.21. The first-order valence-electron chi connectivity index (χ1n) is 4.56. The van der Waals surface area contributed by atoms with E-state index >= 15 is 0 Å². The van der Waals surface area contributed by atoms with Gasteiger partial charge in [0, 0.05) is 6.04 Å². The van der Waals surface area contributed by atoms with Gasteiger partial charge in [0.25, 0.3) is 0 Å². The Bertz CT molecular complexity index is 326. The molecular formula is C10H12N2O2. The fourth-order valence-corrected chi connectivity index (χ4v) is 1.62. The van der Waals surface area contributed by atoms with Crippen LogP contribution in [-0.2, 0) is 4.79 Å². The molecule has 0 saturated carbocycles. The Kier molecular flexibility index (Phi) is 2.47. The number of carboxylic acids is 1. The van der Waals surface area contributed by atoms with Crippen molar-refractivity contribution in [2.75, 3.05) is 0 Å². The van der Waals surface area contributed by atoms with Crippen LogP contribution >= 0.6 is 0 Å². The van der Waals surface area contributed by atoms with Crippen molar-refractivity contribution in [2.24, 2.45) is 0 Å². The molecule has 4 heteroatoms. The summed E-state index contributed by atoms with van der Waals surface area (Å²) in [5.74, 6) is -0.809. The minimum Gasteiger partial charge on any atom is -0.480 e. The van der Waals surface area contributed by atoms with Crippen molar-refractivity contribution in [1.29, 1.82) is 0 Å². The normalized spacial score (nSPS) is 26.3. The third-order valence-electron chi connectivity index (χ3n) is 2.40. The van der Waals surface area contributed by atoms with Gasteiger partial charge in [-0.2, -0.15) is 0 Å². The second-order valence-corrected chi connectivity index (χ2v) is 3.38. The van der Waals surface area contributed by atoms with Gasteiger partial charge >= 0.3 is 5.97 Å². The first-order chi connectivity index (χ1) is 6.77. The van der Waals surface area contributed by atoms with Gasteiger partial charge in [-0.25, -0.2) is 10.9 Å². The molecule has 14 heavy (non-hydrogen) atoms. The average Bonchev–Trinajstić information content (AvgIpc) is 2.68. The van der Waals surface area contributed by atoms with Crippen LogP contribution in [0, 0.1) is 0 Å². The summed E-state index contributed by atoms with van der Waals surface area (Å²) in [4.78, 5) is 10.7. The third-order valence-corrected chi connectivity index (χ3v) is 2.40. The summed E-state index contributed by atoms with van der Waals surface area (Å²) >= 11 is 0. The zero-order valence-corrected chi connectivity index (χ0v) is 7.60. The second kappa shape index (κ2) is 3.77. The Balaban J connectivity index is 2.06. The molecule has 1 aliphatic heterocycles. The number of rotatable bonds is 2. The molecule has 0 aliphatic carbocycles. The van der Waals surface area contributed by atoms with Gasteiger partial charge in [-0.1, -0.05) is 30.3 Å². The lowest BCUT2D eigenvalue weighted by molar-refractivity contribution is -0.139. The monoisotopic (exact) mass is 192 g/mol. The minimum absolute atomic E-state index is 0.0947. The molecule has 1 heterocycles. The van der Waals surface area contributed by atoms with Crippen LogP contribution in [0.1, 0.15) is 18.0 Å². The van der Waals surface area contributed by atoms with E-state index in [1.54, 1.807) is 0 Å². The second-order valence-electron chi connectivity index (χ2n) is 3.38. The average molecular weight is 192 g/mol. The molecule has 2 atom stereocenters. The molecular weight excluding hydrogens is 180 g/mol. The molecule has 0 amide bonds. The molecule has 0 radical (unpaired) electrons. The first-order valence-corrected chi connectivity index (χ1v) is 4.56. The van der Waals surface area contributed by atoms with Crippen molar-refractivity contribution in [3.05, 3.63) is 35.9 Å². The van der Waals surface area contributed by atoms with Gasteiger partial charge in [0.05, 0.1) is 0 Å². The number of carboxylic acid groups (broad SMARTS) is 1. The predicted octanol–water partition coefficient (Wildman–Crippen LogP) is 0.679. The molecule has 2 unspecified atom stereocenters. The Morgan fingerprint density at radius 2 is 2.00 bits per heavy atom. The topological polar surface area (TPSA) is 61.4 Å². The zero-order valence-electron chi connectivity index (χ0n) is 7.60. The van der Waals surface area contributed by atoms with Crippen LogP contribution in [0.4, 0.5) is 0 Å². The van der Waals surface area contributed by atoms with E-state index in [9.17, 15) is 4.79 Å². The molecule has 0 spiro atoms. The van der Waals surface area contributed by atoms with E-state index in [1.807, 2.05) is 30.3 Å². The fraction of sp³-hybridized carbons (Fsp3) is 0.300. The van der Waals surface area contributed by atoms with Crippen molar-refractivity contribution in [3.63, 3.8) is 0 Å². The summed E-state index contributed by atoms with van der Waals surface area (Å²) in [5.41, 5.74) is 6.84. The molecule has 1 saturated heterocycles. The maximum atomic E-state index is 10.7. The SMILES string of the molecule is O=C(O)C1CC(c2ccccc2)NN1. The lowest BCUT2D eigenvalue weighted by atomic mass is 10.0. The molecule has 4 nitrogen and oxygen atoms in total. The third kappa shape index (κ3) is 1.76. The van der Waals surface area contributed by atoms with E-state index in [4.69, 9.17) is 5.11 Å². The summed E-state index contributed by atoms with van der Waals surface area (Å²) in [6.07, 6.45) is 0.583. The van der Waals surface area contributed by atoms with E-state index in [1.165, 1.54) is 0 Å². The number of aliphatic carboxylic acids is 1. The van der Waals surface area contributed by atoms with Gasteiger partial charge in [-0.15, -0.1) is 0 Å². The van der Waals surface area contributed by atoms with Crippen LogP contribution in [0.3, 0.4) is 0 Å². The van der Waals surface area contributed by atoms with Gasteiger partial charge in [0.1, 0.15) is 6.04 Å². The number of carbonyl (C=O) groups is 1. The van der Waals surface area contributed by atoms with Crippen LogP contribution < -0.4 is 10.9 Å². The van der Waals surface area contributed by atoms with Crippen LogP contribution in [0.5, 0.6) is 0 Å². The summed E-state index contributed by atoms with van der Waals surface area (Å²) < 4.78 is 0. The molecule has 1 aromatic carbocycles. The molecule has 2 rings (SSSR count). The maximum absolute atomic E-state index is 10.7. The quantitative estimate of drug-likeness (QED) is 0.644. The highest BCUT2D eigenvalue weighted by Gasteiger charge is 2.29. The maximum Gasteiger partial charge on any atom is 0.322 e. The molecule has 74 valence electrons. The molecule has 1 aromatic rings. The van der Waals surface area contributed by atoms with Crippen LogP contribution in [-0.4, -0.2) is 17.1 Å². The number of nitrogens with one attached hydrogen (secondary N) is 2. The van der Waals surface area contributed by atoms with E-state index in [-0.39, 0.29) is 6.04 Å². The zero-order chi connectivity index (χ0) is 9.97. The van der Waals surface area contributed by atoms with E-state index < -0.39 is 12.0 Å². The summed E-state index contributed by atoms with van der Waals surface area (Å²) in [6.45, 7) is 0. The van der Waals surface area contributed by atoms with Crippen LogP contribution in [0.25, 0.3) is 0 Å². The Morgan fingerprint density at radius 3 is 2.57 bits per heavy atom. The van der Waals surface area contributed by atoms with Crippen molar-refractivity contribution >= 4 is 5.97 Å². The largest absolute Gasteiger partial charge is 0.480 e. The molecule has 3 N–H and O–H groups in total. The summed E-state index contributed by atoms with van der Waals surface area (Å²) in [7, 11) is 0. The lowest BCUT2D eigenvalue weighted by Gasteiger charge is -2.08. The van der Waals surface area contributed by atoms with Crippen LogP contribution in [0.2, 0.25) is 0 Å². The fourth-order valence-electron chi connectivity index (χ4n) is 1.62. The Labute approximate surface area is 81.9 Å². The van der Waals surface area contributed by atoms with Crippen molar-refractivity contribution in [1.82, 2.24) is 10.9 Å². The number of hydrazine groups is 1. The van der Waals surface area contributed by atoms with Gasteiger partial charge in [-0.05, 0) is 12.0 Å². The van der Waals surface area contributed by atoms with E-state index in [0.717, 1.165) is 5.56 Å². The van der Waals surface area contributed by atoms with Gasteiger partial charge in [0.2, 0.25) is 0 Å². The number of hydrogen-bond donors (Lipinski definition) is 3. The number of benzene rings is 1.